The smallest absolute Gasteiger partial charge is 0.251 e. The van der Waals surface area contributed by atoms with Crippen LogP contribution in [0, 0.1) is 18.6 Å². The quantitative estimate of drug-likeness (QED) is 0.393. The molecule has 1 amide bonds. The first-order chi connectivity index (χ1) is 15.7. The predicted octanol–water partition coefficient (Wildman–Crippen LogP) is 4.07. The second kappa shape index (κ2) is 9.13. The lowest BCUT2D eigenvalue weighted by Crippen LogP contribution is -2.27. The monoisotopic (exact) mass is 471 g/mol. The minimum atomic E-state index is -1.11. The molecule has 0 saturated carbocycles. The molecule has 4 N–H and O–H groups in total. The molecule has 4 aromatic rings. The Bertz CT molecular complexity index is 1340. The summed E-state index contributed by atoms with van der Waals surface area (Å²) in [6.45, 7) is 1.46. The van der Waals surface area contributed by atoms with E-state index in [9.17, 15) is 18.7 Å². The van der Waals surface area contributed by atoms with Gasteiger partial charge in [-0.3, -0.25) is 4.79 Å². The first kappa shape index (κ1) is 22.6. The maximum absolute atomic E-state index is 14.8. The number of rotatable bonds is 6. The fourth-order valence-electron chi connectivity index (χ4n) is 3.50. The third kappa shape index (κ3) is 4.64. The molecule has 0 aliphatic heterocycles. The van der Waals surface area contributed by atoms with Crippen molar-refractivity contribution in [2.24, 2.45) is 0 Å². The Morgan fingerprint density at radius 1 is 1.21 bits per heavy atom. The van der Waals surface area contributed by atoms with Gasteiger partial charge in [-0.1, -0.05) is 23.7 Å². The van der Waals surface area contributed by atoms with Gasteiger partial charge in [0.15, 0.2) is 17.3 Å². The van der Waals surface area contributed by atoms with E-state index in [-0.39, 0.29) is 35.6 Å². The van der Waals surface area contributed by atoms with E-state index in [1.54, 1.807) is 24.3 Å². The Morgan fingerprint density at radius 2 is 1.94 bits per heavy atom. The van der Waals surface area contributed by atoms with Gasteiger partial charge in [0, 0.05) is 34.5 Å². The fraction of sp³-hybridized carbons (Fsp3) is 0.174. The zero-order valence-corrected chi connectivity index (χ0v) is 18.3. The molecule has 0 saturated heterocycles. The zero-order valence-electron chi connectivity index (χ0n) is 17.5. The van der Waals surface area contributed by atoms with Gasteiger partial charge in [0.2, 0.25) is 5.95 Å². The minimum absolute atomic E-state index is 0.00858. The van der Waals surface area contributed by atoms with Gasteiger partial charge in [0.1, 0.15) is 0 Å². The summed E-state index contributed by atoms with van der Waals surface area (Å²) >= 11 is 5.85. The highest BCUT2D eigenvalue weighted by Crippen LogP contribution is 2.29. The Morgan fingerprint density at radius 3 is 2.67 bits per heavy atom. The van der Waals surface area contributed by atoms with Gasteiger partial charge in [0.05, 0.1) is 6.10 Å². The lowest BCUT2D eigenvalue weighted by atomic mass is 9.98. The summed E-state index contributed by atoms with van der Waals surface area (Å²) in [6.07, 6.45) is 0.934. The third-order valence-corrected chi connectivity index (χ3v) is 5.57. The van der Waals surface area contributed by atoms with Crippen molar-refractivity contribution in [3.8, 4) is 11.1 Å². The number of anilines is 1. The Labute approximate surface area is 192 Å². The molecule has 0 spiro atoms. The third-order valence-electron chi connectivity index (χ3n) is 5.32. The predicted molar refractivity (Wildman–Crippen MR) is 121 cm³/mol. The number of hydrogen-bond donors (Lipinski definition) is 3. The number of nitrogens with one attached hydrogen (secondary N) is 1. The van der Waals surface area contributed by atoms with E-state index in [1.807, 2.05) is 0 Å². The van der Waals surface area contributed by atoms with Crippen LogP contribution in [0.4, 0.5) is 14.7 Å². The van der Waals surface area contributed by atoms with Gasteiger partial charge in [-0.05, 0) is 54.8 Å². The van der Waals surface area contributed by atoms with Crippen molar-refractivity contribution in [1.82, 2.24) is 19.9 Å². The van der Waals surface area contributed by atoms with E-state index in [1.165, 1.54) is 35.8 Å². The average molecular weight is 472 g/mol. The number of benzene rings is 2. The maximum atomic E-state index is 14.8. The topological polar surface area (TPSA) is 106 Å². The second-order valence-electron chi connectivity index (χ2n) is 7.52. The van der Waals surface area contributed by atoms with E-state index in [0.717, 1.165) is 0 Å². The summed E-state index contributed by atoms with van der Waals surface area (Å²) in [5.74, 6) is -2.72. The number of carbonyl (C=O) groups excluding carboxylic acids is 1. The SMILES string of the molecule is Cc1c(C(=O)NCC[C@H](O)c2ccc(Cl)cc2)cc(-c2ccn3nc(N)nc3c2)c(F)c1F. The van der Waals surface area contributed by atoms with Crippen molar-refractivity contribution in [2.75, 3.05) is 12.3 Å². The number of aromatic nitrogens is 3. The summed E-state index contributed by atoms with van der Waals surface area (Å²) in [4.78, 5) is 16.8. The van der Waals surface area contributed by atoms with Crippen molar-refractivity contribution in [3.05, 3.63) is 82.0 Å². The van der Waals surface area contributed by atoms with Crippen molar-refractivity contribution in [3.63, 3.8) is 0 Å². The van der Waals surface area contributed by atoms with Crippen LogP contribution in [0.25, 0.3) is 16.8 Å². The number of carbonyl (C=O) groups is 1. The molecule has 10 heteroatoms. The van der Waals surface area contributed by atoms with Crippen LogP contribution >= 0.6 is 11.6 Å². The van der Waals surface area contributed by atoms with Crippen LogP contribution in [-0.4, -0.2) is 32.2 Å². The largest absolute Gasteiger partial charge is 0.388 e. The number of hydrogen-bond acceptors (Lipinski definition) is 5. The average Bonchev–Trinajstić information content (AvgIpc) is 3.17. The highest BCUT2D eigenvalue weighted by molar-refractivity contribution is 6.30. The molecule has 0 bridgehead atoms. The molecular weight excluding hydrogens is 452 g/mol. The van der Waals surface area contributed by atoms with Gasteiger partial charge in [0.25, 0.3) is 5.91 Å². The summed E-state index contributed by atoms with van der Waals surface area (Å²) in [6, 6.07) is 11.0. The molecule has 33 heavy (non-hydrogen) atoms. The molecule has 2 aromatic carbocycles. The van der Waals surface area contributed by atoms with Crippen LogP contribution in [-0.2, 0) is 0 Å². The molecule has 0 radical (unpaired) electrons. The maximum Gasteiger partial charge on any atom is 0.251 e. The minimum Gasteiger partial charge on any atom is -0.388 e. The molecular formula is C23H20ClF2N5O2. The highest BCUT2D eigenvalue weighted by Gasteiger charge is 2.21. The van der Waals surface area contributed by atoms with Crippen molar-refractivity contribution < 1.29 is 18.7 Å². The standard InChI is InChI=1S/C23H20ClF2N5O2/c1-12-16(22(33)28-8-6-18(32)13-2-4-15(24)5-3-13)11-17(21(26)20(12)25)14-7-9-31-19(10-14)29-23(27)30-31/h2-5,7,9-11,18,32H,6,8H2,1H3,(H2,27,30)(H,28,33)/t18-/m0/s1. The number of amides is 1. The van der Waals surface area contributed by atoms with Crippen molar-refractivity contribution in [1.29, 1.82) is 0 Å². The first-order valence-electron chi connectivity index (χ1n) is 10.1. The number of aliphatic hydroxyl groups excluding tert-OH is 1. The Kier molecular flexibility index (Phi) is 6.26. The molecule has 0 aliphatic carbocycles. The van der Waals surface area contributed by atoms with Crippen LogP contribution in [0.15, 0.2) is 48.7 Å². The first-order valence-corrected chi connectivity index (χ1v) is 10.4. The van der Waals surface area contributed by atoms with E-state index < -0.39 is 23.6 Å². The number of nitrogens with two attached hydrogens (primary N) is 1. The lowest BCUT2D eigenvalue weighted by molar-refractivity contribution is 0.0941. The van der Waals surface area contributed by atoms with Crippen LogP contribution in [0.3, 0.4) is 0 Å². The molecule has 2 aromatic heterocycles. The van der Waals surface area contributed by atoms with Crippen molar-refractivity contribution in [2.45, 2.75) is 19.4 Å². The number of nitrogen functional groups attached to an aromatic ring is 1. The molecule has 170 valence electrons. The zero-order chi connectivity index (χ0) is 23.7. The molecule has 0 unspecified atom stereocenters. The summed E-state index contributed by atoms with van der Waals surface area (Å²) in [7, 11) is 0. The van der Waals surface area contributed by atoms with E-state index >= 15 is 0 Å². The summed E-state index contributed by atoms with van der Waals surface area (Å²) in [5, 5.41) is 17.4. The lowest BCUT2D eigenvalue weighted by Gasteiger charge is -2.14. The Balaban J connectivity index is 1.54. The van der Waals surface area contributed by atoms with Crippen LogP contribution in [0.1, 0.15) is 34.0 Å². The molecule has 4 rings (SSSR count). The van der Waals surface area contributed by atoms with E-state index in [4.69, 9.17) is 17.3 Å². The number of aliphatic hydroxyl groups is 1. The van der Waals surface area contributed by atoms with Gasteiger partial charge < -0.3 is 16.2 Å². The number of nitrogens with zero attached hydrogens (tertiary/aromatic N) is 3. The van der Waals surface area contributed by atoms with Gasteiger partial charge in [-0.25, -0.2) is 13.3 Å². The van der Waals surface area contributed by atoms with Crippen LogP contribution < -0.4 is 11.1 Å². The van der Waals surface area contributed by atoms with E-state index in [0.29, 0.717) is 21.8 Å². The van der Waals surface area contributed by atoms with Crippen molar-refractivity contribution >= 4 is 29.1 Å². The number of pyridine rings is 1. The van der Waals surface area contributed by atoms with Gasteiger partial charge in [-0.2, -0.15) is 4.98 Å². The Hall–Kier alpha value is -3.56. The molecule has 1 atom stereocenters. The van der Waals surface area contributed by atoms with Crippen LogP contribution in [0.5, 0.6) is 0 Å². The van der Waals surface area contributed by atoms with Crippen LogP contribution in [0.2, 0.25) is 5.02 Å². The van der Waals surface area contributed by atoms with Gasteiger partial charge in [-0.15, -0.1) is 5.10 Å². The van der Waals surface area contributed by atoms with Gasteiger partial charge >= 0.3 is 0 Å². The summed E-state index contributed by atoms with van der Waals surface area (Å²) < 4.78 is 30.8. The molecule has 2 heterocycles. The second-order valence-corrected chi connectivity index (χ2v) is 7.96. The molecule has 0 fully saturated rings. The highest BCUT2D eigenvalue weighted by atomic mass is 35.5. The molecule has 0 aliphatic rings. The number of fused-ring (bicyclic) bond motifs is 1. The van der Waals surface area contributed by atoms with E-state index in [2.05, 4.69) is 15.4 Å². The number of halogens is 3. The normalized spacial score (nSPS) is 12.2. The molecule has 7 nitrogen and oxygen atoms in total. The fourth-order valence-corrected chi connectivity index (χ4v) is 3.62. The summed E-state index contributed by atoms with van der Waals surface area (Å²) in [5.41, 5.74) is 6.69.